The van der Waals surface area contributed by atoms with E-state index in [1.165, 1.54) is 23.5 Å². The Morgan fingerprint density at radius 1 is 1.18 bits per heavy atom. The van der Waals surface area contributed by atoms with E-state index < -0.39 is 5.82 Å². The van der Waals surface area contributed by atoms with E-state index in [-0.39, 0.29) is 5.75 Å². The number of benzene rings is 1. The fourth-order valence-corrected chi connectivity index (χ4v) is 2.38. The largest absolute Gasteiger partial charge is 0.507 e. The molecule has 3 rings (SSSR count). The zero-order valence-electron chi connectivity index (χ0n) is 8.46. The summed E-state index contributed by atoms with van der Waals surface area (Å²) in [5, 5.41) is 10.2. The van der Waals surface area contributed by atoms with Crippen molar-refractivity contribution >= 4 is 21.8 Å². The Balaban J connectivity index is 2.20. The molecule has 0 saturated carbocycles. The Labute approximate surface area is 99.4 Å². The Morgan fingerprint density at radius 2 is 2.00 bits per heavy atom. The first-order chi connectivity index (χ1) is 8.24. The third-order valence-corrected chi connectivity index (χ3v) is 3.22. The highest BCUT2D eigenvalue weighted by atomic mass is 32.1. The zero-order valence-corrected chi connectivity index (χ0v) is 9.28. The fraction of sp³-hybridized carbons (Fsp3) is 0. The summed E-state index contributed by atoms with van der Waals surface area (Å²) < 4.78 is 12.9. The lowest BCUT2D eigenvalue weighted by Gasteiger charge is -1.99. The zero-order chi connectivity index (χ0) is 11.8. The molecule has 0 bridgehead atoms. The van der Waals surface area contributed by atoms with Crippen molar-refractivity contribution in [3.05, 3.63) is 36.4 Å². The average Bonchev–Trinajstić information content (AvgIpc) is 2.72. The van der Waals surface area contributed by atoms with Gasteiger partial charge in [0.05, 0.1) is 5.56 Å². The second-order valence-corrected chi connectivity index (χ2v) is 4.34. The van der Waals surface area contributed by atoms with E-state index in [0.717, 1.165) is 6.07 Å². The molecule has 3 aromatic rings. The highest BCUT2D eigenvalue weighted by molar-refractivity contribution is 7.21. The maximum Gasteiger partial charge on any atom is 0.190 e. The molecule has 4 nitrogen and oxygen atoms in total. The molecule has 0 radical (unpaired) electrons. The fourth-order valence-electron chi connectivity index (χ4n) is 1.48. The molecule has 2 heterocycles. The molecule has 17 heavy (non-hydrogen) atoms. The number of phenolic OH excluding ortho intramolecular Hbond substituents is 1. The minimum absolute atomic E-state index is 0.135. The first kappa shape index (κ1) is 10.1. The highest BCUT2D eigenvalue weighted by Crippen LogP contribution is 2.33. The van der Waals surface area contributed by atoms with Gasteiger partial charge >= 0.3 is 0 Å². The number of fused-ring (bicyclic) bond motifs is 1. The first-order valence-corrected chi connectivity index (χ1v) is 5.62. The van der Waals surface area contributed by atoms with E-state index in [9.17, 15) is 9.50 Å². The lowest BCUT2D eigenvalue weighted by atomic mass is 10.2. The van der Waals surface area contributed by atoms with Gasteiger partial charge in [-0.15, -0.1) is 0 Å². The average molecular weight is 247 g/mol. The van der Waals surface area contributed by atoms with Crippen LogP contribution in [-0.4, -0.2) is 20.1 Å². The summed E-state index contributed by atoms with van der Waals surface area (Å²) in [5.74, 6) is -0.618. The second-order valence-electron chi connectivity index (χ2n) is 3.37. The number of hydrogen-bond donors (Lipinski definition) is 1. The molecule has 2 aromatic heterocycles. The number of aromatic nitrogens is 3. The van der Waals surface area contributed by atoms with Crippen LogP contribution < -0.4 is 0 Å². The summed E-state index contributed by atoms with van der Waals surface area (Å²) in [5.41, 5.74) is 1.01. The van der Waals surface area contributed by atoms with Crippen LogP contribution in [0.4, 0.5) is 4.39 Å². The van der Waals surface area contributed by atoms with Gasteiger partial charge in [0.1, 0.15) is 16.6 Å². The van der Waals surface area contributed by atoms with Gasteiger partial charge in [-0.05, 0) is 12.1 Å². The molecule has 1 N–H and O–H groups in total. The predicted molar refractivity (Wildman–Crippen MR) is 62.3 cm³/mol. The van der Waals surface area contributed by atoms with Crippen LogP contribution in [0.1, 0.15) is 0 Å². The minimum atomic E-state index is -0.483. The number of phenols is 1. The molecular weight excluding hydrogens is 241 g/mol. The quantitative estimate of drug-likeness (QED) is 0.718. The number of nitrogens with zero attached hydrogens (tertiary/aromatic N) is 3. The number of thiazole rings is 1. The van der Waals surface area contributed by atoms with Crippen molar-refractivity contribution < 1.29 is 9.50 Å². The van der Waals surface area contributed by atoms with Crippen molar-refractivity contribution in [3.8, 4) is 16.3 Å². The molecular formula is C11H6FN3OS. The highest BCUT2D eigenvalue weighted by Gasteiger charge is 2.11. The number of hydrogen-bond acceptors (Lipinski definition) is 5. The topological polar surface area (TPSA) is 58.9 Å². The molecule has 1 aromatic carbocycles. The van der Waals surface area contributed by atoms with Crippen LogP contribution in [0.15, 0.2) is 30.6 Å². The van der Waals surface area contributed by atoms with E-state index in [4.69, 9.17) is 0 Å². The van der Waals surface area contributed by atoms with E-state index in [1.807, 2.05) is 0 Å². The summed E-state index contributed by atoms with van der Waals surface area (Å²) in [6.45, 7) is 0. The summed E-state index contributed by atoms with van der Waals surface area (Å²) in [6, 6.07) is 3.83. The normalized spacial score (nSPS) is 10.9. The van der Waals surface area contributed by atoms with Crippen LogP contribution in [0.25, 0.3) is 21.0 Å². The number of rotatable bonds is 1. The van der Waals surface area contributed by atoms with Crippen LogP contribution in [0, 0.1) is 5.82 Å². The molecule has 0 aliphatic rings. The third-order valence-electron chi connectivity index (χ3n) is 2.24. The minimum Gasteiger partial charge on any atom is -0.507 e. The summed E-state index contributed by atoms with van der Waals surface area (Å²) in [7, 11) is 0. The molecule has 0 amide bonds. The third kappa shape index (κ3) is 1.72. The molecule has 0 aliphatic carbocycles. The van der Waals surface area contributed by atoms with Gasteiger partial charge in [0.2, 0.25) is 0 Å². The van der Waals surface area contributed by atoms with Gasteiger partial charge in [0.15, 0.2) is 10.5 Å². The Kier molecular flexibility index (Phi) is 2.22. The van der Waals surface area contributed by atoms with Crippen molar-refractivity contribution in [2.24, 2.45) is 0 Å². The lowest BCUT2D eigenvalue weighted by Crippen LogP contribution is -1.81. The smallest absolute Gasteiger partial charge is 0.190 e. The Morgan fingerprint density at radius 3 is 2.76 bits per heavy atom. The number of aromatic hydroxyl groups is 1. The van der Waals surface area contributed by atoms with Gasteiger partial charge in [-0.25, -0.2) is 19.3 Å². The van der Waals surface area contributed by atoms with Crippen molar-refractivity contribution in [2.75, 3.05) is 0 Å². The molecule has 84 valence electrons. The van der Waals surface area contributed by atoms with E-state index in [2.05, 4.69) is 15.0 Å². The van der Waals surface area contributed by atoms with Crippen LogP contribution in [-0.2, 0) is 0 Å². The van der Waals surface area contributed by atoms with Crippen molar-refractivity contribution in [1.82, 2.24) is 15.0 Å². The van der Waals surface area contributed by atoms with Gasteiger partial charge in [-0.2, -0.15) is 0 Å². The van der Waals surface area contributed by atoms with E-state index in [0.29, 0.717) is 21.0 Å². The van der Waals surface area contributed by atoms with Gasteiger partial charge < -0.3 is 5.11 Å². The van der Waals surface area contributed by atoms with Crippen LogP contribution in [0.3, 0.4) is 0 Å². The van der Waals surface area contributed by atoms with Crippen LogP contribution in [0.5, 0.6) is 5.75 Å². The number of halogens is 1. The molecule has 0 spiro atoms. The Hall–Kier alpha value is -2.08. The van der Waals surface area contributed by atoms with Crippen LogP contribution in [0.2, 0.25) is 0 Å². The standard InChI is InChI=1S/C11H6FN3OS/c12-6-1-2-7(8(16)5-6)10-15-9-11(17-10)14-4-3-13-9/h1-5,16H. The lowest BCUT2D eigenvalue weighted by molar-refractivity contribution is 0.471. The SMILES string of the molecule is Oc1cc(F)ccc1-c1nc2nccnc2s1. The van der Waals surface area contributed by atoms with Gasteiger partial charge in [-0.1, -0.05) is 11.3 Å². The Bertz CT molecular complexity index is 665. The molecule has 0 fully saturated rings. The summed E-state index contributed by atoms with van der Waals surface area (Å²) >= 11 is 1.30. The monoisotopic (exact) mass is 247 g/mol. The maximum absolute atomic E-state index is 12.9. The van der Waals surface area contributed by atoms with Crippen molar-refractivity contribution in [1.29, 1.82) is 0 Å². The summed E-state index contributed by atoms with van der Waals surface area (Å²) in [6.07, 6.45) is 3.13. The molecule has 6 heteroatoms. The van der Waals surface area contributed by atoms with Gasteiger partial charge in [0, 0.05) is 18.5 Å². The van der Waals surface area contributed by atoms with E-state index >= 15 is 0 Å². The van der Waals surface area contributed by atoms with E-state index in [1.54, 1.807) is 12.4 Å². The predicted octanol–water partition coefficient (Wildman–Crippen LogP) is 2.60. The molecule has 0 atom stereocenters. The van der Waals surface area contributed by atoms with Crippen molar-refractivity contribution in [3.63, 3.8) is 0 Å². The van der Waals surface area contributed by atoms with Gasteiger partial charge in [0.25, 0.3) is 0 Å². The van der Waals surface area contributed by atoms with Gasteiger partial charge in [-0.3, -0.25) is 0 Å². The molecule has 0 saturated heterocycles. The maximum atomic E-state index is 12.9. The van der Waals surface area contributed by atoms with Crippen LogP contribution >= 0.6 is 11.3 Å². The first-order valence-electron chi connectivity index (χ1n) is 4.80. The second kappa shape index (κ2) is 3.74. The summed E-state index contributed by atoms with van der Waals surface area (Å²) in [4.78, 5) is 13.1. The molecule has 0 unspecified atom stereocenters. The van der Waals surface area contributed by atoms with Crippen molar-refractivity contribution in [2.45, 2.75) is 0 Å². The molecule has 0 aliphatic heterocycles.